The highest BCUT2D eigenvalue weighted by Gasteiger charge is 2.24. The summed E-state index contributed by atoms with van der Waals surface area (Å²) in [5.41, 5.74) is 3.36. The lowest BCUT2D eigenvalue weighted by atomic mass is 9.96. The number of rotatable bonds is 9. The van der Waals surface area contributed by atoms with Crippen LogP contribution in [0.4, 0.5) is 0 Å². The van der Waals surface area contributed by atoms with Crippen LogP contribution in [0.3, 0.4) is 0 Å². The number of hydrogen-bond donors (Lipinski definition) is 1. The Bertz CT molecular complexity index is 1350. The molecule has 1 aliphatic carbocycles. The van der Waals surface area contributed by atoms with Gasteiger partial charge in [-0.1, -0.05) is 41.9 Å². The molecule has 0 amide bonds. The number of hydrogen-bond acceptors (Lipinski definition) is 7. The van der Waals surface area contributed by atoms with Crippen molar-refractivity contribution in [3.8, 4) is 23.0 Å². The van der Waals surface area contributed by atoms with Crippen LogP contribution < -0.4 is 14.8 Å². The first-order chi connectivity index (χ1) is 18.2. The maximum atomic E-state index is 6.83. The van der Waals surface area contributed by atoms with Gasteiger partial charge in [-0.25, -0.2) is 9.97 Å². The van der Waals surface area contributed by atoms with E-state index < -0.39 is 0 Å². The molecule has 1 N–H and O–H groups in total. The molecule has 8 nitrogen and oxygen atoms in total. The summed E-state index contributed by atoms with van der Waals surface area (Å²) in [7, 11) is 0. The molecule has 0 bridgehead atoms. The highest BCUT2D eigenvalue weighted by molar-refractivity contribution is 6.33. The average Bonchev–Trinajstić information content (AvgIpc) is 3.26. The third-order valence-electron chi connectivity index (χ3n) is 7.08. The van der Waals surface area contributed by atoms with E-state index in [4.69, 9.17) is 26.1 Å². The summed E-state index contributed by atoms with van der Waals surface area (Å²) in [5.74, 6) is 2.02. The zero-order valence-corrected chi connectivity index (χ0v) is 21.5. The highest BCUT2D eigenvalue weighted by Crippen LogP contribution is 2.35. The van der Waals surface area contributed by atoms with Crippen LogP contribution in [0, 0.1) is 0 Å². The lowest BCUT2D eigenvalue weighted by Gasteiger charge is -2.26. The summed E-state index contributed by atoms with van der Waals surface area (Å²) in [6.07, 6.45) is 5.03. The summed E-state index contributed by atoms with van der Waals surface area (Å²) >= 11 is 6.83. The van der Waals surface area contributed by atoms with E-state index in [0.29, 0.717) is 29.6 Å². The van der Waals surface area contributed by atoms with Crippen molar-refractivity contribution < 1.29 is 9.47 Å². The molecule has 3 heterocycles. The SMILES string of the molecule is Clc1cc(OCCN2CCNCC2)ccc1-c1nc2c(OC3CCC3)ncnc2n1Cc1ccccc1. The van der Waals surface area contributed by atoms with E-state index in [1.807, 2.05) is 36.4 Å². The van der Waals surface area contributed by atoms with E-state index in [9.17, 15) is 0 Å². The molecular formula is C28H31ClN6O2. The second-order valence-corrected chi connectivity index (χ2v) is 10.0. The van der Waals surface area contributed by atoms with E-state index in [1.165, 1.54) is 6.42 Å². The Balaban J connectivity index is 1.30. The summed E-state index contributed by atoms with van der Waals surface area (Å²) in [5, 5.41) is 3.96. The van der Waals surface area contributed by atoms with Crippen molar-refractivity contribution in [2.75, 3.05) is 39.3 Å². The number of benzene rings is 2. The number of aromatic nitrogens is 4. The van der Waals surface area contributed by atoms with E-state index in [0.717, 1.165) is 73.9 Å². The van der Waals surface area contributed by atoms with Crippen LogP contribution in [0.2, 0.25) is 5.02 Å². The van der Waals surface area contributed by atoms with Gasteiger partial charge in [-0.15, -0.1) is 0 Å². The zero-order chi connectivity index (χ0) is 25.0. The van der Waals surface area contributed by atoms with Crippen LogP contribution >= 0.6 is 11.6 Å². The second kappa shape index (κ2) is 11.0. The zero-order valence-electron chi connectivity index (χ0n) is 20.8. The molecule has 1 saturated heterocycles. The van der Waals surface area contributed by atoms with Gasteiger partial charge in [0.05, 0.1) is 11.6 Å². The molecule has 2 fully saturated rings. The monoisotopic (exact) mass is 518 g/mol. The number of piperazine rings is 1. The quantitative estimate of drug-likeness (QED) is 0.351. The lowest BCUT2D eigenvalue weighted by Crippen LogP contribution is -2.44. The van der Waals surface area contributed by atoms with Crippen LogP contribution in [-0.4, -0.2) is 69.9 Å². The van der Waals surface area contributed by atoms with Gasteiger partial charge in [0.1, 0.15) is 30.6 Å². The number of nitrogens with zero attached hydrogens (tertiary/aromatic N) is 5. The van der Waals surface area contributed by atoms with Gasteiger partial charge in [0.2, 0.25) is 5.88 Å². The molecule has 2 aliphatic rings. The second-order valence-electron chi connectivity index (χ2n) is 9.61. The van der Waals surface area contributed by atoms with Crippen molar-refractivity contribution in [1.82, 2.24) is 29.7 Å². The Morgan fingerprint density at radius 3 is 2.62 bits per heavy atom. The van der Waals surface area contributed by atoms with Crippen molar-refractivity contribution in [1.29, 1.82) is 0 Å². The standard InChI is InChI=1S/C28H31ClN6O2/c29-24-17-22(36-16-15-34-13-11-30-12-14-34)9-10-23(24)26-33-25-27(35(26)18-20-5-2-1-3-6-20)31-19-32-28(25)37-21-7-4-8-21/h1-3,5-6,9-10,17,19,21,30H,4,7-8,11-16,18H2. The van der Waals surface area contributed by atoms with Gasteiger partial charge in [-0.05, 0) is 43.0 Å². The first-order valence-corrected chi connectivity index (χ1v) is 13.4. The predicted octanol–water partition coefficient (Wildman–Crippen LogP) is 4.41. The molecule has 192 valence electrons. The van der Waals surface area contributed by atoms with Crippen molar-refractivity contribution in [3.63, 3.8) is 0 Å². The molecular weight excluding hydrogens is 488 g/mol. The van der Waals surface area contributed by atoms with Gasteiger partial charge in [-0.3, -0.25) is 4.90 Å². The Morgan fingerprint density at radius 2 is 1.86 bits per heavy atom. The van der Waals surface area contributed by atoms with E-state index in [-0.39, 0.29) is 6.10 Å². The van der Waals surface area contributed by atoms with Gasteiger partial charge >= 0.3 is 0 Å². The first kappa shape index (κ1) is 24.2. The topological polar surface area (TPSA) is 77.3 Å². The van der Waals surface area contributed by atoms with Gasteiger partial charge in [-0.2, -0.15) is 4.98 Å². The Labute approximate surface area is 221 Å². The predicted molar refractivity (Wildman–Crippen MR) is 144 cm³/mol. The van der Waals surface area contributed by atoms with Gasteiger partial charge in [0.25, 0.3) is 0 Å². The maximum absolute atomic E-state index is 6.83. The Morgan fingerprint density at radius 1 is 1.03 bits per heavy atom. The number of ether oxygens (including phenoxy) is 2. The van der Waals surface area contributed by atoms with E-state index in [2.05, 4.69) is 36.9 Å². The molecule has 0 spiro atoms. The van der Waals surface area contributed by atoms with Crippen molar-refractivity contribution in [2.24, 2.45) is 0 Å². The third kappa shape index (κ3) is 5.42. The number of fused-ring (bicyclic) bond motifs is 1. The Kier molecular flexibility index (Phi) is 7.21. The van der Waals surface area contributed by atoms with Crippen LogP contribution in [-0.2, 0) is 6.54 Å². The fourth-order valence-electron chi connectivity index (χ4n) is 4.76. The molecule has 6 rings (SSSR count). The molecule has 2 aromatic carbocycles. The number of halogens is 1. The van der Waals surface area contributed by atoms with Crippen LogP contribution in [0.5, 0.6) is 11.6 Å². The van der Waals surface area contributed by atoms with Crippen LogP contribution in [0.1, 0.15) is 24.8 Å². The molecule has 0 radical (unpaired) electrons. The molecule has 4 aromatic rings. The molecule has 2 aromatic heterocycles. The summed E-state index contributed by atoms with van der Waals surface area (Å²) < 4.78 is 14.3. The fourth-order valence-corrected chi connectivity index (χ4v) is 5.02. The summed E-state index contributed by atoms with van der Waals surface area (Å²) in [6, 6.07) is 16.1. The minimum atomic E-state index is 0.196. The Hall–Kier alpha value is -3.20. The first-order valence-electron chi connectivity index (χ1n) is 13.0. The fraction of sp³-hybridized carbons (Fsp3) is 0.393. The number of imidazole rings is 1. The molecule has 0 unspecified atom stereocenters. The third-order valence-corrected chi connectivity index (χ3v) is 7.39. The van der Waals surface area contributed by atoms with Crippen molar-refractivity contribution in [2.45, 2.75) is 31.9 Å². The average molecular weight is 519 g/mol. The molecule has 1 saturated carbocycles. The highest BCUT2D eigenvalue weighted by atomic mass is 35.5. The summed E-state index contributed by atoms with van der Waals surface area (Å²) in [4.78, 5) is 16.4. The smallest absolute Gasteiger partial charge is 0.245 e. The van der Waals surface area contributed by atoms with Gasteiger partial charge in [0, 0.05) is 38.3 Å². The van der Waals surface area contributed by atoms with E-state index >= 15 is 0 Å². The molecule has 37 heavy (non-hydrogen) atoms. The van der Waals surface area contributed by atoms with Crippen molar-refractivity contribution >= 4 is 22.8 Å². The van der Waals surface area contributed by atoms with Gasteiger partial charge in [0.15, 0.2) is 11.2 Å². The normalized spacial score (nSPS) is 16.6. The van der Waals surface area contributed by atoms with E-state index in [1.54, 1.807) is 6.33 Å². The molecule has 9 heteroatoms. The minimum absolute atomic E-state index is 0.196. The molecule has 1 aliphatic heterocycles. The van der Waals surface area contributed by atoms with Crippen LogP contribution in [0.15, 0.2) is 54.9 Å². The van der Waals surface area contributed by atoms with Crippen LogP contribution in [0.25, 0.3) is 22.6 Å². The minimum Gasteiger partial charge on any atom is -0.492 e. The van der Waals surface area contributed by atoms with Crippen molar-refractivity contribution in [3.05, 3.63) is 65.4 Å². The number of nitrogens with one attached hydrogen (secondary N) is 1. The van der Waals surface area contributed by atoms with Gasteiger partial charge < -0.3 is 19.4 Å². The largest absolute Gasteiger partial charge is 0.492 e. The molecule has 0 atom stereocenters. The lowest BCUT2D eigenvalue weighted by molar-refractivity contribution is 0.116. The maximum Gasteiger partial charge on any atom is 0.245 e. The summed E-state index contributed by atoms with van der Waals surface area (Å²) in [6.45, 7) is 6.29.